The first-order chi connectivity index (χ1) is 9.13. The number of hydrogen-bond donors (Lipinski definition) is 1. The maximum Gasteiger partial charge on any atom is 0.324 e. The second-order valence-electron chi connectivity index (χ2n) is 4.79. The summed E-state index contributed by atoms with van der Waals surface area (Å²) in [5, 5.41) is 12.7. The average Bonchev–Trinajstić information content (AvgIpc) is 2.88. The lowest BCUT2D eigenvalue weighted by molar-refractivity contribution is -0.380. The average molecular weight is 322 g/mol. The van der Waals surface area contributed by atoms with Crippen LogP contribution >= 0.6 is 23.7 Å². The molecule has 0 amide bonds. The zero-order chi connectivity index (χ0) is 13.8. The zero-order valence-corrected chi connectivity index (χ0v) is 13.0. The molecule has 1 saturated heterocycles. The van der Waals surface area contributed by atoms with Crippen LogP contribution in [0.2, 0.25) is 0 Å². The number of methoxy groups -OCH3 is 1. The lowest BCUT2D eigenvalue weighted by Gasteiger charge is -2.38. The first-order valence-corrected chi connectivity index (χ1v) is 7.20. The molecular weight excluding hydrogens is 302 g/mol. The third kappa shape index (κ3) is 4.13. The highest BCUT2D eigenvalue weighted by Crippen LogP contribution is 2.26. The van der Waals surface area contributed by atoms with Gasteiger partial charge in [0.2, 0.25) is 0 Å². The number of thiophene rings is 1. The van der Waals surface area contributed by atoms with Crippen molar-refractivity contribution in [1.82, 2.24) is 4.90 Å². The summed E-state index contributed by atoms with van der Waals surface area (Å²) in [6.45, 7) is 2.23. The summed E-state index contributed by atoms with van der Waals surface area (Å²) in [5.41, 5.74) is 6.81. The number of piperidine rings is 1. The number of halogens is 1. The molecule has 1 aromatic heterocycles. The van der Waals surface area contributed by atoms with Gasteiger partial charge in [0.1, 0.15) is 0 Å². The smallest absolute Gasteiger partial charge is 0.324 e. The van der Waals surface area contributed by atoms with Gasteiger partial charge in [-0.05, 0) is 18.4 Å². The molecule has 0 radical (unpaired) electrons. The van der Waals surface area contributed by atoms with Gasteiger partial charge in [-0.15, -0.1) is 12.4 Å². The largest absolute Gasteiger partial charge is 0.381 e. The molecule has 0 saturated carbocycles. The van der Waals surface area contributed by atoms with Crippen molar-refractivity contribution in [2.45, 2.75) is 31.5 Å². The number of nitro groups is 1. The molecule has 0 aliphatic carbocycles. The van der Waals surface area contributed by atoms with Crippen LogP contribution in [-0.2, 0) is 11.3 Å². The normalized spacial score (nSPS) is 23.3. The van der Waals surface area contributed by atoms with Crippen LogP contribution in [0.25, 0.3) is 0 Å². The summed E-state index contributed by atoms with van der Waals surface area (Å²) in [7, 11) is 1.73. The maximum absolute atomic E-state index is 10.7. The Kier molecular flexibility index (Phi) is 6.84. The molecule has 2 unspecified atom stereocenters. The van der Waals surface area contributed by atoms with Crippen molar-refractivity contribution < 1.29 is 9.66 Å². The summed E-state index contributed by atoms with van der Waals surface area (Å²) in [6.07, 6.45) is 2.19. The third-order valence-electron chi connectivity index (χ3n) is 3.60. The molecule has 1 aromatic rings. The fourth-order valence-corrected chi connectivity index (χ4v) is 3.23. The summed E-state index contributed by atoms with van der Waals surface area (Å²) >= 11 is 1.18. The van der Waals surface area contributed by atoms with Crippen LogP contribution in [0.4, 0.5) is 5.00 Å². The predicted molar refractivity (Wildman–Crippen MR) is 81.5 cm³/mol. The molecule has 2 atom stereocenters. The van der Waals surface area contributed by atoms with E-state index in [-0.39, 0.29) is 34.5 Å². The highest BCUT2D eigenvalue weighted by atomic mass is 35.5. The zero-order valence-electron chi connectivity index (χ0n) is 11.4. The van der Waals surface area contributed by atoms with Crippen LogP contribution < -0.4 is 5.73 Å². The molecule has 8 heteroatoms. The second kappa shape index (κ2) is 7.90. The van der Waals surface area contributed by atoms with E-state index < -0.39 is 0 Å². The molecule has 1 aliphatic heterocycles. The maximum atomic E-state index is 10.7. The number of hydrogen-bond acceptors (Lipinski definition) is 6. The number of nitrogens with two attached hydrogens (primary N) is 1. The summed E-state index contributed by atoms with van der Waals surface area (Å²) in [4.78, 5) is 12.6. The quantitative estimate of drug-likeness (QED) is 0.662. The fourth-order valence-electron chi connectivity index (χ4n) is 2.51. The molecule has 2 rings (SSSR count). The van der Waals surface area contributed by atoms with E-state index in [1.165, 1.54) is 11.3 Å². The molecule has 0 aromatic carbocycles. The first kappa shape index (κ1) is 17.3. The molecule has 20 heavy (non-hydrogen) atoms. The van der Waals surface area contributed by atoms with Gasteiger partial charge in [-0.3, -0.25) is 15.0 Å². The highest BCUT2D eigenvalue weighted by molar-refractivity contribution is 7.13. The van der Waals surface area contributed by atoms with E-state index in [0.29, 0.717) is 6.54 Å². The van der Waals surface area contributed by atoms with Crippen molar-refractivity contribution in [2.75, 3.05) is 20.2 Å². The van der Waals surface area contributed by atoms with E-state index in [1.54, 1.807) is 13.2 Å². The van der Waals surface area contributed by atoms with Gasteiger partial charge < -0.3 is 10.5 Å². The monoisotopic (exact) mass is 321 g/mol. The van der Waals surface area contributed by atoms with Crippen LogP contribution in [0.15, 0.2) is 11.4 Å². The lowest BCUT2D eigenvalue weighted by atomic mass is 9.99. The number of likely N-dealkylation sites (tertiary alicyclic amines) is 1. The van der Waals surface area contributed by atoms with Crippen LogP contribution in [0.3, 0.4) is 0 Å². The van der Waals surface area contributed by atoms with Gasteiger partial charge in [0.15, 0.2) is 0 Å². The van der Waals surface area contributed by atoms with E-state index in [9.17, 15) is 10.1 Å². The van der Waals surface area contributed by atoms with Crippen LogP contribution in [0, 0.1) is 10.1 Å². The van der Waals surface area contributed by atoms with Crippen molar-refractivity contribution in [2.24, 2.45) is 5.73 Å². The molecule has 2 N–H and O–H groups in total. The van der Waals surface area contributed by atoms with Gasteiger partial charge >= 0.3 is 5.00 Å². The van der Waals surface area contributed by atoms with Crippen LogP contribution in [-0.4, -0.2) is 42.2 Å². The Balaban J connectivity index is 0.00000200. The van der Waals surface area contributed by atoms with Crippen molar-refractivity contribution in [3.8, 4) is 0 Å². The SMILES string of the molecule is COC1CCN(Cc2csc([N+](=O)[O-])c2)C(CN)C1.Cl. The molecule has 0 bridgehead atoms. The standard InChI is InChI=1S/C12H19N3O3S.ClH/c1-18-11-2-3-14(10(5-11)6-13)7-9-4-12(15(16)17)19-8-9;/h4,8,10-11H,2-3,5-7,13H2,1H3;1H. The molecule has 2 heterocycles. The van der Waals surface area contributed by atoms with Crippen molar-refractivity contribution in [3.63, 3.8) is 0 Å². The summed E-state index contributed by atoms with van der Waals surface area (Å²) in [6, 6.07) is 1.94. The fraction of sp³-hybridized carbons (Fsp3) is 0.667. The van der Waals surface area contributed by atoms with Crippen molar-refractivity contribution >= 4 is 28.7 Å². The lowest BCUT2D eigenvalue weighted by Crippen LogP contribution is -2.47. The molecule has 6 nitrogen and oxygen atoms in total. The minimum absolute atomic E-state index is 0. The molecule has 0 spiro atoms. The first-order valence-electron chi connectivity index (χ1n) is 6.32. The Morgan fingerprint density at radius 2 is 2.40 bits per heavy atom. The Morgan fingerprint density at radius 1 is 1.65 bits per heavy atom. The number of rotatable bonds is 5. The molecule has 1 fully saturated rings. The van der Waals surface area contributed by atoms with E-state index in [1.807, 2.05) is 5.38 Å². The van der Waals surface area contributed by atoms with Gasteiger partial charge in [0.25, 0.3) is 0 Å². The Hall–Kier alpha value is -0.730. The Morgan fingerprint density at radius 3 is 2.95 bits per heavy atom. The van der Waals surface area contributed by atoms with Gasteiger partial charge in [-0.25, -0.2) is 0 Å². The number of ether oxygens (including phenoxy) is 1. The van der Waals surface area contributed by atoms with E-state index in [0.717, 1.165) is 31.5 Å². The molecule has 114 valence electrons. The van der Waals surface area contributed by atoms with Gasteiger partial charge in [0, 0.05) is 44.2 Å². The number of nitrogens with zero attached hydrogens (tertiary/aromatic N) is 2. The van der Waals surface area contributed by atoms with E-state index in [4.69, 9.17) is 10.5 Å². The Bertz CT molecular complexity index is 443. The topological polar surface area (TPSA) is 81.6 Å². The predicted octanol–water partition coefficient (Wildman–Crippen LogP) is 2.02. The summed E-state index contributed by atoms with van der Waals surface area (Å²) in [5.74, 6) is 0. The van der Waals surface area contributed by atoms with Gasteiger partial charge in [-0.2, -0.15) is 0 Å². The minimum atomic E-state index is -0.342. The van der Waals surface area contributed by atoms with Gasteiger partial charge in [-0.1, -0.05) is 11.3 Å². The molecular formula is C12H20ClN3O3S. The van der Waals surface area contributed by atoms with Gasteiger partial charge in [0.05, 0.1) is 11.0 Å². The molecule has 1 aliphatic rings. The summed E-state index contributed by atoms with van der Waals surface area (Å²) < 4.78 is 5.39. The highest BCUT2D eigenvalue weighted by Gasteiger charge is 2.27. The van der Waals surface area contributed by atoms with Crippen LogP contribution in [0.5, 0.6) is 0 Å². The van der Waals surface area contributed by atoms with Crippen LogP contribution in [0.1, 0.15) is 18.4 Å². The Labute approximate surface area is 128 Å². The third-order valence-corrected chi connectivity index (χ3v) is 4.53. The van der Waals surface area contributed by atoms with E-state index >= 15 is 0 Å². The second-order valence-corrected chi connectivity index (χ2v) is 5.68. The van der Waals surface area contributed by atoms with E-state index in [2.05, 4.69) is 4.90 Å². The minimum Gasteiger partial charge on any atom is -0.381 e. The van der Waals surface area contributed by atoms with Crippen molar-refractivity contribution in [3.05, 3.63) is 27.1 Å². The van der Waals surface area contributed by atoms with Crippen molar-refractivity contribution in [1.29, 1.82) is 0 Å².